The molecule has 2 aromatic heterocycles. The van der Waals surface area contributed by atoms with Crippen LogP contribution in [0.3, 0.4) is 0 Å². The van der Waals surface area contributed by atoms with E-state index in [4.69, 9.17) is 10.3 Å². The molecule has 0 unspecified atom stereocenters. The molecule has 4 rings (SSSR count). The molecule has 0 aliphatic carbocycles. The third-order valence-electron chi connectivity index (χ3n) is 5.53. The zero-order valence-electron chi connectivity index (χ0n) is 19.9. The van der Waals surface area contributed by atoms with Gasteiger partial charge >= 0.3 is 11.4 Å². The fourth-order valence-corrected chi connectivity index (χ4v) is 3.87. The summed E-state index contributed by atoms with van der Waals surface area (Å²) in [5, 5.41) is 3.81. The van der Waals surface area contributed by atoms with E-state index < -0.39 is 29.5 Å². The highest BCUT2D eigenvalue weighted by molar-refractivity contribution is 5.95. The second-order valence-electron chi connectivity index (χ2n) is 8.69. The Balaban J connectivity index is 1.76. The SMILES string of the molecule is CC(C)CN(C(=O)Cn1c(-c2ccccc2)noc1=O)c1c(N)n(Cc2ccccc2)c(=O)[nH]c1=O. The topological polar surface area (TPSA) is 149 Å². The number of hydrogen-bond donors (Lipinski definition) is 2. The number of amides is 1. The van der Waals surface area contributed by atoms with Crippen LogP contribution in [-0.4, -0.2) is 31.7 Å². The third kappa shape index (κ3) is 5.04. The first kappa shape index (κ1) is 24.5. The number of carbonyl (C=O) groups is 1. The number of nitrogens with one attached hydrogen (secondary N) is 1. The van der Waals surface area contributed by atoms with E-state index in [1.165, 1.54) is 9.47 Å². The fraction of sp³-hybridized carbons (Fsp3) is 0.240. The molecule has 0 aliphatic rings. The van der Waals surface area contributed by atoms with Gasteiger partial charge < -0.3 is 10.6 Å². The van der Waals surface area contributed by atoms with Gasteiger partial charge in [0.15, 0.2) is 11.5 Å². The quantitative estimate of drug-likeness (QED) is 0.381. The summed E-state index contributed by atoms with van der Waals surface area (Å²) >= 11 is 0. The predicted octanol–water partition coefficient (Wildman–Crippen LogP) is 1.67. The van der Waals surface area contributed by atoms with Crippen LogP contribution in [0.5, 0.6) is 0 Å². The normalized spacial score (nSPS) is 11.1. The molecule has 11 heteroatoms. The largest absolute Gasteiger partial charge is 0.442 e. The number of H-pyrrole nitrogens is 1. The summed E-state index contributed by atoms with van der Waals surface area (Å²) in [4.78, 5) is 54.9. The monoisotopic (exact) mass is 490 g/mol. The van der Waals surface area contributed by atoms with Crippen molar-refractivity contribution in [1.29, 1.82) is 0 Å². The van der Waals surface area contributed by atoms with Crippen LogP contribution in [0.2, 0.25) is 0 Å². The number of benzene rings is 2. The van der Waals surface area contributed by atoms with E-state index in [2.05, 4.69) is 10.1 Å². The van der Waals surface area contributed by atoms with Crippen molar-refractivity contribution in [2.24, 2.45) is 5.92 Å². The van der Waals surface area contributed by atoms with E-state index >= 15 is 0 Å². The second kappa shape index (κ2) is 10.3. The highest BCUT2D eigenvalue weighted by Crippen LogP contribution is 2.21. The number of aromatic nitrogens is 4. The molecule has 1 amide bonds. The Morgan fingerprint density at radius 1 is 1.03 bits per heavy atom. The van der Waals surface area contributed by atoms with Crippen molar-refractivity contribution in [3.8, 4) is 11.4 Å². The number of aromatic amines is 1. The van der Waals surface area contributed by atoms with Gasteiger partial charge in [0.1, 0.15) is 12.4 Å². The third-order valence-corrected chi connectivity index (χ3v) is 5.53. The summed E-state index contributed by atoms with van der Waals surface area (Å²) in [5.41, 5.74) is 6.05. The Bertz CT molecular complexity index is 1530. The Morgan fingerprint density at radius 2 is 1.67 bits per heavy atom. The molecule has 0 fully saturated rings. The summed E-state index contributed by atoms with van der Waals surface area (Å²) in [6, 6.07) is 17.9. The van der Waals surface area contributed by atoms with Crippen LogP contribution in [-0.2, 0) is 17.9 Å². The molecule has 2 aromatic carbocycles. The number of nitrogen functional groups attached to an aromatic ring is 1. The molecule has 2 heterocycles. The minimum Gasteiger partial charge on any atom is -0.383 e. The number of anilines is 2. The van der Waals surface area contributed by atoms with Gasteiger partial charge in [-0.2, -0.15) is 0 Å². The lowest BCUT2D eigenvalue weighted by Gasteiger charge is -2.26. The molecule has 3 N–H and O–H groups in total. The summed E-state index contributed by atoms with van der Waals surface area (Å²) < 4.78 is 7.11. The van der Waals surface area contributed by atoms with Crippen LogP contribution in [0.4, 0.5) is 11.5 Å². The van der Waals surface area contributed by atoms with Crippen LogP contribution in [0, 0.1) is 5.92 Å². The summed E-state index contributed by atoms with van der Waals surface area (Å²) in [5.74, 6) is -1.44. The first-order valence-electron chi connectivity index (χ1n) is 11.3. The lowest BCUT2D eigenvalue weighted by Crippen LogP contribution is -2.44. The number of nitrogens with two attached hydrogens (primary N) is 1. The van der Waals surface area contributed by atoms with Crippen LogP contribution in [0.1, 0.15) is 19.4 Å². The molecule has 186 valence electrons. The average Bonchev–Trinajstić information content (AvgIpc) is 3.21. The molecular formula is C25H26N6O5. The Hall–Kier alpha value is -4.67. The zero-order valence-corrected chi connectivity index (χ0v) is 19.9. The van der Waals surface area contributed by atoms with Gasteiger partial charge in [0.2, 0.25) is 5.91 Å². The smallest absolute Gasteiger partial charge is 0.383 e. The van der Waals surface area contributed by atoms with Crippen molar-refractivity contribution in [2.75, 3.05) is 17.2 Å². The maximum atomic E-state index is 13.5. The predicted molar refractivity (Wildman–Crippen MR) is 135 cm³/mol. The van der Waals surface area contributed by atoms with Crippen molar-refractivity contribution < 1.29 is 9.32 Å². The minimum absolute atomic E-state index is 0.0601. The molecule has 0 atom stereocenters. The Kier molecular flexibility index (Phi) is 7.00. The van der Waals surface area contributed by atoms with Gasteiger partial charge in [0, 0.05) is 12.1 Å². The maximum absolute atomic E-state index is 13.5. The highest BCUT2D eigenvalue weighted by Gasteiger charge is 2.27. The molecule has 0 aliphatic heterocycles. The van der Waals surface area contributed by atoms with E-state index in [0.717, 1.165) is 10.1 Å². The Labute approximate surface area is 205 Å². The summed E-state index contributed by atoms with van der Waals surface area (Å²) in [6.07, 6.45) is 0. The minimum atomic E-state index is -0.817. The van der Waals surface area contributed by atoms with Gasteiger partial charge in [-0.15, -0.1) is 0 Å². The van der Waals surface area contributed by atoms with E-state index in [1.54, 1.807) is 30.3 Å². The van der Waals surface area contributed by atoms with Crippen molar-refractivity contribution >= 4 is 17.4 Å². The lowest BCUT2D eigenvalue weighted by molar-refractivity contribution is -0.119. The van der Waals surface area contributed by atoms with Crippen molar-refractivity contribution in [3.63, 3.8) is 0 Å². The van der Waals surface area contributed by atoms with E-state index in [1.807, 2.05) is 44.2 Å². The second-order valence-corrected chi connectivity index (χ2v) is 8.69. The molecule has 0 radical (unpaired) electrons. The van der Waals surface area contributed by atoms with Gasteiger partial charge in [-0.1, -0.05) is 79.7 Å². The molecule has 0 saturated heterocycles. The summed E-state index contributed by atoms with van der Waals surface area (Å²) in [7, 11) is 0. The van der Waals surface area contributed by atoms with Gasteiger partial charge in [-0.3, -0.25) is 23.7 Å². The number of hydrogen-bond acceptors (Lipinski definition) is 7. The van der Waals surface area contributed by atoms with Crippen LogP contribution >= 0.6 is 0 Å². The fourth-order valence-electron chi connectivity index (χ4n) is 3.87. The van der Waals surface area contributed by atoms with Gasteiger partial charge in [-0.25, -0.2) is 14.2 Å². The van der Waals surface area contributed by atoms with Crippen molar-refractivity contribution in [3.05, 3.63) is 97.6 Å². The summed E-state index contributed by atoms with van der Waals surface area (Å²) in [6.45, 7) is 3.51. The molecule has 36 heavy (non-hydrogen) atoms. The number of carbonyl (C=O) groups excluding carboxylic acids is 1. The molecule has 0 spiro atoms. The Morgan fingerprint density at radius 3 is 2.31 bits per heavy atom. The van der Waals surface area contributed by atoms with Crippen LogP contribution < -0.4 is 27.6 Å². The standard InChI is InChI=1S/C25H26N6O5/c1-16(2)13-29(19(32)15-31-22(28-36-25(31)35)18-11-7-4-8-12-18)20-21(26)30(24(34)27-23(20)33)14-17-9-5-3-6-10-17/h3-12,16H,13-15,26H2,1-2H3,(H,27,33,34). The highest BCUT2D eigenvalue weighted by atomic mass is 16.5. The van der Waals surface area contributed by atoms with Gasteiger partial charge in [-0.05, 0) is 11.5 Å². The average molecular weight is 491 g/mol. The first-order valence-corrected chi connectivity index (χ1v) is 11.3. The van der Waals surface area contributed by atoms with Crippen molar-refractivity contribution in [2.45, 2.75) is 26.9 Å². The zero-order chi connectivity index (χ0) is 25.8. The van der Waals surface area contributed by atoms with Crippen LogP contribution in [0.25, 0.3) is 11.4 Å². The lowest BCUT2D eigenvalue weighted by atomic mass is 10.2. The van der Waals surface area contributed by atoms with Gasteiger partial charge in [0.05, 0.1) is 6.54 Å². The van der Waals surface area contributed by atoms with Crippen LogP contribution in [0.15, 0.2) is 79.6 Å². The van der Waals surface area contributed by atoms with E-state index in [0.29, 0.717) is 5.56 Å². The van der Waals surface area contributed by atoms with Crippen molar-refractivity contribution in [1.82, 2.24) is 19.3 Å². The molecular weight excluding hydrogens is 464 g/mol. The van der Waals surface area contributed by atoms with Gasteiger partial charge in [0.25, 0.3) is 5.56 Å². The number of rotatable bonds is 8. The molecule has 11 nitrogen and oxygen atoms in total. The number of nitrogens with zero attached hydrogens (tertiary/aromatic N) is 4. The molecule has 4 aromatic rings. The molecule has 0 saturated carbocycles. The molecule has 0 bridgehead atoms. The first-order chi connectivity index (χ1) is 17.3. The van der Waals surface area contributed by atoms with E-state index in [9.17, 15) is 19.2 Å². The maximum Gasteiger partial charge on any atom is 0.442 e. The van der Waals surface area contributed by atoms with E-state index in [-0.39, 0.29) is 36.3 Å².